The van der Waals surface area contributed by atoms with Crippen molar-refractivity contribution in [1.82, 2.24) is 14.7 Å². The second-order valence-corrected chi connectivity index (χ2v) is 8.39. The Balaban J connectivity index is 1.33. The molecule has 5 nitrogen and oxygen atoms in total. The predicted octanol–water partition coefficient (Wildman–Crippen LogP) is 4.02. The van der Waals surface area contributed by atoms with E-state index in [0.717, 1.165) is 10.9 Å². The van der Waals surface area contributed by atoms with Crippen LogP contribution in [0.1, 0.15) is 24.2 Å². The van der Waals surface area contributed by atoms with Crippen molar-refractivity contribution in [3.63, 3.8) is 0 Å². The first-order valence-corrected chi connectivity index (χ1v) is 11.0. The molecule has 2 aromatic carbocycles. The lowest BCUT2D eigenvalue weighted by Gasteiger charge is -2.15. The third-order valence-corrected chi connectivity index (χ3v) is 6.21. The SMILES string of the molecule is CC(NC(=O)CSCc1cc(=O)n2ccsc2n1)c1ccc2ccccc2c1. The molecule has 1 unspecified atom stereocenters. The van der Waals surface area contributed by atoms with Crippen molar-refractivity contribution >= 4 is 44.7 Å². The summed E-state index contributed by atoms with van der Waals surface area (Å²) in [5.41, 5.74) is 1.69. The van der Waals surface area contributed by atoms with Crippen molar-refractivity contribution in [3.05, 3.63) is 81.7 Å². The second kappa shape index (κ2) is 8.16. The summed E-state index contributed by atoms with van der Waals surface area (Å²) in [6.07, 6.45) is 1.72. The third-order valence-electron chi connectivity index (χ3n) is 4.49. The van der Waals surface area contributed by atoms with Gasteiger partial charge in [-0.2, -0.15) is 0 Å². The molecule has 4 aromatic rings. The maximum absolute atomic E-state index is 12.3. The van der Waals surface area contributed by atoms with Gasteiger partial charge in [0, 0.05) is 23.4 Å². The van der Waals surface area contributed by atoms with Crippen LogP contribution >= 0.6 is 23.1 Å². The number of hydrogen-bond acceptors (Lipinski definition) is 5. The maximum Gasteiger partial charge on any atom is 0.258 e. The molecule has 1 amide bonds. The molecule has 2 aromatic heterocycles. The van der Waals surface area contributed by atoms with Crippen molar-refractivity contribution in [2.24, 2.45) is 0 Å². The maximum atomic E-state index is 12.3. The molecule has 142 valence electrons. The monoisotopic (exact) mass is 409 g/mol. The molecule has 0 bridgehead atoms. The van der Waals surface area contributed by atoms with Crippen molar-refractivity contribution in [3.8, 4) is 0 Å². The molecule has 2 heterocycles. The number of thiazole rings is 1. The van der Waals surface area contributed by atoms with E-state index in [2.05, 4.69) is 34.6 Å². The molecule has 0 aliphatic carbocycles. The van der Waals surface area contributed by atoms with E-state index < -0.39 is 0 Å². The van der Waals surface area contributed by atoms with Gasteiger partial charge in [-0.25, -0.2) is 4.98 Å². The van der Waals surface area contributed by atoms with Gasteiger partial charge < -0.3 is 5.32 Å². The molecular weight excluding hydrogens is 390 g/mol. The van der Waals surface area contributed by atoms with Gasteiger partial charge in [0.25, 0.3) is 5.56 Å². The number of benzene rings is 2. The van der Waals surface area contributed by atoms with Crippen molar-refractivity contribution in [1.29, 1.82) is 0 Å². The molecule has 0 radical (unpaired) electrons. The molecule has 7 heteroatoms. The Labute approximate surface area is 170 Å². The van der Waals surface area contributed by atoms with E-state index in [1.165, 1.54) is 39.0 Å². The number of rotatable bonds is 6. The highest BCUT2D eigenvalue weighted by Crippen LogP contribution is 2.20. The van der Waals surface area contributed by atoms with E-state index in [1.807, 2.05) is 30.5 Å². The van der Waals surface area contributed by atoms with Crippen molar-refractivity contribution in [2.75, 3.05) is 5.75 Å². The van der Waals surface area contributed by atoms with Crippen LogP contribution < -0.4 is 10.9 Å². The predicted molar refractivity (Wildman–Crippen MR) is 116 cm³/mol. The first kappa shape index (κ1) is 18.7. The van der Waals surface area contributed by atoms with Gasteiger partial charge in [0.05, 0.1) is 17.5 Å². The lowest BCUT2D eigenvalue weighted by molar-refractivity contribution is -0.119. The highest BCUT2D eigenvalue weighted by Gasteiger charge is 2.11. The van der Waals surface area contributed by atoms with Gasteiger partial charge in [0.15, 0.2) is 4.96 Å². The molecule has 0 spiro atoms. The van der Waals surface area contributed by atoms with Crippen LogP contribution in [0.3, 0.4) is 0 Å². The van der Waals surface area contributed by atoms with Crippen LogP contribution in [0.5, 0.6) is 0 Å². The largest absolute Gasteiger partial charge is 0.349 e. The van der Waals surface area contributed by atoms with Crippen LogP contribution in [-0.2, 0) is 10.5 Å². The van der Waals surface area contributed by atoms with E-state index in [9.17, 15) is 9.59 Å². The number of nitrogens with one attached hydrogen (secondary N) is 1. The number of fused-ring (bicyclic) bond motifs is 2. The highest BCUT2D eigenvalue weighted by atomic mass is 32.2. The van der Waals surface area contributed by atoms with Gasteiger partial charge in [0.1, 0.15) is 0 Å². The molecule has 0 saturated heterocycles. The van der Waals surface area contributed by atoms with Gasteiger partial charge in [-0.1, -0.05) is 36.4 Å². The highest BCUT2D eigenvalue weighted by molar-refractivity contribution is 7.99. The summed E-state index contributed by atoms with van der Waals surface area (Å²) in [5.74, 6) is 0.824. The smallest absolute Gasteiger partial charge is 0.258 e. The van der Waals surface area contributed by atoms with Crippen LogP contribution in [0.25, 0.3) is 15.7 Å². The number of hydrogen-bond donors (Lipinski definition) is 1. The Kier molecular flexibility index (Phi) is 5.45. The molecule has 0 saturated carbocycles. The van der Waals surface area contributed by atoms with E-state index in [-0.39, 0.29) is 17.5 Å². The number of carbonyl (C=O) groups excluding carboxylic acids is 1. The lowest BCUT2D eigenvalue weighted by Crippen LogP contribution is -2.28. The molecule has 1 atom stereocenters. The topological polar surface area (TPSA) is 63.5 Å². The quantitative estimate of drug-likeness (QED) is 0.522. The number of nitrogens with zero attached hydrogens (tertiary/aromatic N) is 2. The van der Waals surface area contributed by atoms with E-state index >= 15 is 0 Å². The van der Waals surface area contributed by atoms with Crippen LogP contribution in [0.2, 0.25) is 0 Å². The van der Waals surface area contributed by atoms with Crippen molar-refractivity contribution in [2.45, 2.75) is 18.7 Å². The Hall–Kier alpha value is -2.64. The van der Waals surface area contributed by atoms with E-state index in [1.54, 1.807) is 6.20 Å². The molecular formula is C21H19N3O2S2. The van der Waals surface area contributed by atoms with Gasteiger partial charge in [-0.3, -0.25) is 14.0 Å². The molecule has 4 rings (SSSR count). The summed E-state index contributed by atoms with van der Waals surface area (Å²) in [4.78, 5) is 29.4. The number of aromatic nitrogens is 2. The normalized spacial score (nSPS) is 12.3. The summed E-state index contributed by atoms with van der Waals surface area (Å²) in [6, 6.07) is 15.9. The van der Waals surface area contributed by atoms with Gasteiger partial charge in [0.2, 0.25) is 5.91 Å². The summed E-state index contributed by atoms with van der Waals surface area (Å²) in [6.45, 7) is 1.99. The zero-order valence-electron chi connectivity index (χ0n) is 15.3. The van der Waals surface area contributed by atoms with Crippen molar-refractivity contribution < 1.29 is 4.79 Å². The second-order valence-electron chi connectivity index (χ2n) is 6.53. The number of amides is 1. The Morgan fingerprint density at radius 3 is 2.89 bits per heavy atom. The van der Waals surface area contributed by atoms with E-state index in [0.29, 0.717) is 22.2 Å². The number of thioether (sulfide) groups is 1. The van der Waals surface area contributed by atoms with Crippen LogP contribution in [0, 0.1) is 0 Å². The molecule has 0 aliphatic rings. The summed E-state index contributed by atoms with van der Waals surface area (Å²) in [7, 11) is 0. The van der Waals surface area contributed by atoms with Gasteiger partial charge in [-0.15, -0.1) is 23.1 Å². The molecule has 0 fully saturated rings. The Morgan fingerprint density at radius 1 is 1.21 bits per heavy atom. The van der Waals surface area contributed by atoms with E-state index in [4.69, 9.17) is 0 Å². The minimum absolute atomic E-state index is 0.0282. The van der Waals surface area contributed by atoms with Crippen LogP contribution in [0.15, 0.2) is 64.9 Å². The molecule has 1 N–H and O–H groups in total. The average molecular weight is 410 g/mol. The Morgan fingerprint density at radius 2 is 2.04 bits per heavy atom. The fourth-order valence-electron chi connectivity index (χ4n) is 3.05. The van der Waals surface area contributed by atoms with Crippen LogP contribution in [-0.4, -0.2) is 21.0 Å². The zero-order valence-corrected chi connectivity index (χ0v) is 16.9. The minimum atomic E-state index is -0.0868. The summed E-state index contributed by atoms with van der Waals surface area (Å²) >= 11 is 2.88. The lowest BCUT2D eigenvalue weighted by atomic mass is 10.0. The van der Waals surface area contributed by atoms with Gasteiger partial charge in [-0.05, 0) is 29.3 Å². The summed E-state index contributed by atoms with van der Waals surface area (Å²) < 4.78 is 1.52. The minimum Gasteiger partial charge on any atom is -0.349 e. The fourth-order valence-corrected chi connectivity index (χ4v) is 4.52. The average Bonchev–Trinajstić information content (AvgIpc) is 3.17. The standard InChI is InChI=1S/C21H19N3O2S2/c1-14(16-7-6-15-4-2-3-5-17(15)10-16)22-19(25)13-27-12-18-11-20(26)24-8-9-28-21(24)23-18/h2-11,14H,12-13H2,1H3,(H,22,25). The zero-order chi connectivity index (χ0) is 19.5. The summed E-state index contributed by atoms with van der Waals surface area (Å²) in [5, 5.41) is 7.23. The van der Waals surface area contributed by atoms with Crippen LogP contribution in [0.4, 0.5) is 0 Å². The Bertz CT molecular complexity index is 1200. The van der Waals surface area contributed by atoms with Gasteiger partial charge >= 0.3 is 0 Å². The first-order valence-electron chi connectivity index (χ1n) is 8.92. The molecule has 28 heavy (non-hydrogen) atoms. The first-order chi connectivity index (χ1) is 13.6. The third kappa shape index (κ3) is 4.10. The number of carbonyl (C=O) groups is 1. The fraction of sp³-hybridized carbons (Fsp3) is 0.190. The molecule has 0 aliphatic heterocycles.